The van der Waals surface area contributed by atoms with Crippen LogP contribution in [0.4, 0.5) is 0 Å². The zero-order valence-corrected chi connectivity index (χ0v) is 21.1. The van der Waals surface area contributed by atoms with Gasteiger partial charge >= 0.3 is 0 Å². The molecule has 8 heteroatoms. The Morgan fingerprint density at radius 2 is 1.89 bits per heavy atom. The standard InChI is InChI=1S/C28H32N4O4/c1-18-5-7-21(8-6-18)23-13-24-26(30-14-23)36-25(19(2)15-32(28(24)35)20(3)17-33)16-31(4)27(34)22-9-11-29-12-10-22/h5-14,19-20,25,33H,15-17H2,1-4H3/t19-,20-,25-/m1/s1. The molecule has 1 aliphatic rings. The minimum absolute atomic E-state index is 0.123. The number of nitrogens with zero attached hydrogens (tertiary/aromatic N) is 4. The molecular formula is C28H32N4O4. The van der Waals surface area contributed by atoms with E-state index in [1.54, 1.807) is 53.6 Å². The molecule has 3 atom stereocenters. The van der Waals surface area contributed by atoms with E-state index in [0.717, 1.165) is 16.7 Å². The van der Waals surface area contributed by atoms with Crippen molar-refractivity contribution in [3.63, 3.8) is 0 Å². The third kappa shape index (κ3) is 5.39. The number of aliphatic hydroxyl groups excluding tert-OH is 1. The highest BCUT2D eigenvalue weighted by atomic mass is 16.5. The molecule has 0 unspecified atom stereocenters. The summed E-state index contributed by atoms with van der Waals surface area (Å²) in [5.74, 6) is -0.274. The number of aromatic nitrogens is 2. The molecule has 0 aliphatic carbocycles. The highest BCUT2D eigenvalue weighted by Gasteiger charge is 2.35. The molecule has 1 aliphatic heterocycles. The lowest BCUT2D eigenvalue weighted by Crippen LogP contribution is -2.50. The zero-order valence-electron chi connectivity index (χ0n) is 21.1. The number of aryl methyl sites for hydroxylation is 1. The van der Waals surface area contributed by atoms with E-state index in [1.807, 2.05) is 45.0 Å². The molecular weight excluding hydrogens is 456 g/mol. The molecule has 0 saturated heterocycles. The average molecular weight is 489 g/mol. The van der Waals surface area contributed by atoms with Crippen LogP contribution in [0.2, 0.25) is 0 Å². The molecule has 8 nitrogen and oxygen atoms in total. The van der Waals surface area contributed by atoms with E-state index < -0.39 is 6.10 Å². The normalized spacial score (nSPS) is 18.5. The molecule has 0 spiro atoms. The summed E-state index contributed by atoms with van der Waals surface area (Å²) in [6.07, 6.45) is 4.45. The van der Waals surface area contributed by atoms with E-state index >= 15 is 0 Å². The quantitative estimate of drug-likeness (QED) is 0.571. The predicted octanol–water partition coefficient (Wildman–Crippen LogP) is 3.44. The highest BCUT2D eigenvalue weighted by Crippen LogP contribution is 2.30. The minimum atomic E-state index is -0.418. The van der Waals surface area contributed by atoms with Crippen LogP contribution in [-0.2, 0) is 0 Å². The number of hydrogen-bond acceptors (Lipinski definition) is 6. The lowest BCUT2D eigenvalue weighted by molar-refractivity contribution is 0.0313. The molecule has 0 fully saturated rings. The maximum atomic E-state index is 13.6. The van der Waals surface area contributed by atoms with Crippen molar-refractivity contribution in [1.29, 1.82) is 0 Å². The number of hydrogen-bond donors (Lipinski definition) is 1. The fourth-order valence-electron chi connectivity index (χ4n) is 4.29. The molecule has 2 aromatic heterocycles. The first kappa shape index (κ1) is 25.3. The second kappa shape index (κ2) is 10.9. The SMILES string of the molecule is Cc1ccc(-c2cnc3c(c2)C(=O)N([C@H](C)CO)C[C@@H](C)[C@@H](CN(C)C(=O)c2ccncc2)O3)cc1. The molecule has 3 heterocycles. The Bertz CT molecular complexity index is 1220. The van der Waals surface area contributed by atoms with Gasteiger partial charge in [-0.05, 0) is 37.6 Å². The molecule has 1 N–H and O–H groups in total. The number of rotatable bonds is 6. The van der Waals surface area contributed by atoms with Gasteiger partial charge in [0.2, 0.25) is 5.88 Å². The predicted molar refractivity (Wildman–Crippen MR) is 137 cm³/mol. The minimum Gasteiger partial charge on any atom is -0.472 e. The lowest BCUT2D eigenvalue weighted by Gasteiger charge is -2.37. The van der Waals surface area contributed by atoms with E-state index in [4.69, 9.17) is 4.74 Å². The van der Waals surface area contributed by atoms with Gasteiger partial charge in [0.1, 0.15) is 11.7 Å². The smallest absolute Gasteiger partial charge is 0.259 e. The first-order chi connectivity index (χ1) is 17.3. The van der Waals surface area contributed by atoms with Gasteiger partial charge < -0.3 is 19.6 Å². The number of ether oxygens (including phenoxy) is 1. The summed E-state index contributed by atoms with van der Waals surface area (Å²) in [4.78, 5) is 38.4. The number of amides is 2. The first-order valence-electron chi connectivity index (χ1n) is 12.1. The van der Waals surface area contributed by atoms with Crippen LogP contribution in [-0.4, -0.2) is 75.6 Å². The molecule has 4 rings (SSSR count). The van der Waals surface area contributed by atoms with Gasteiger partial charge in [-0.25, -0.2) is 4.98 Å². The van der Waals surface area contributed by atoms with Crippen LogP contribution in [0.25, 0.3) is 11.1 Å². The van der Waals surface area contributed by atoms with E-state index in [0.29, 0.717) is 24.2 Å². The van der Waals surface area contributed by atoms with E-state index in [1.165, 1.54) is 0 Å². The number of aliphatic hydroxyl groups is 1. The van der Waals surface area contributed by atoms with Crippen molar-refractivity contribution in [3.05, 3.63) is 77.7 Å². The monoisotopic (exact) mass is 488 g/mol. The number of likely N-dealkylation sites (N-methyl/N-ethyl adjacent to an activating group) is 1. The van der Waals surface area contributed by atoms with Crippen molar-refractivity contribution in [3.8, 4) is 17.0 Å². The van der Waals surface area contributed by atoms with E-state index in [9.17, 15) is 14.7 Å². The Hall–Kier alpha value is -3.78. The van der Waals surface area contributed by atoms with Gasteiger partial charge in [0.25, 0.3) is 11.8 Å². The number of benzene rings is 1. The summed E-state index contributed by atoms with van der Waals surface area (Å²) in [6.45, 7) is 6.33. The van der Waals surface area contributed by atoms with Gasteiger partial charge in [-0.1, -0.05) is 36.8 Å². The van der Waals surface area contributed by atoms with Crippen molar-refractivity contribution in [1.82, 2.24) is 19.8 Å². The Balaban J connectivity index is 1.68. The fourth-order valence-corrected chi connectivity index (χ4v) is 4.29. The lowest BCUT2D eigenvalue weighted by atomic mass is 9.99. The van der Waals surface area contributed by atoms with Crippen LogP contribution in [0.15, 0.2) is 61.1 Å². The molecule has 0 radical (unpaired) electrons. The molecule has 2 amide bonds. The third-order valence-electron chi connectivity index (χ3n) is 6.63. The third-order valence-corrected chi connectivity index (χ3v) is 6.63. The van der Waals surface area contributed by atoms with Gasteiger partial charge in [0, 0.05) is 49.2 Å². The Labute approximate surface area is 211 Å². The number of carbonyl (C=O) groups excluding carboxylic acids is 2. The summed E-state index contributed by atoms with van der Waals surface area (Å²) in [5.41, 5.74) is 3.77. The molecule has 3 aromatic rings. The van der Waals surface area contributed by atoms with Gasteiger partial charge in [-0.15, -0.1) is 0 Å². The number of carbonyl (C=O) groups is 2. The topological polar surface area (TPSA) is 95.9 Å². The summed E-state index contributed by atoms with van der Waals surface area (Å²) >= 11 is 0. The largest absolute Gasteiger partial charge is 0.472 e. The number of fused-ring (bicyclic) bond motifs is 1. The number of pyridine rings is 2. The summed E-state index contributed by atoms with van der Waals surface area (Å²) in [5, 5.41) is 9.87. The van der Waals surface area contributed by atoms with Crippen molar-refractivity contribution in [2.24, 2.45) is 5.92 Å². The fraction of sp³-hybridized carbons (Fsp3) is 0.357. The Kier molecular flexibility index (Phi) is 7.64. The van der Waals surface area contributed by atoms with Crippen molar-refractivity contribution in [2.75, 3.05) is 26.7 Å². The van der Waals surface area contributed by atoms with Crippen LogP contribution < -0.4 is 4.74 Å². The van der Waals surface area contributed by atoms with Crippen LogP contribution in [0.3, 0.4) is 0 Å². The van der Waals surface area contributed by atoms with Crippen LogP contribution in [0, 0.1) is 12.8 Å². The van der Waals surface area contributed by atoms with Gasteiger partial charge in [-0.2, -0.15) is 0 Å². The maximum absolute atomic E-state index is 13.6. The molecule has 0 saturated carbocycles. The first-order valence-corrected chi connectivity index (χ1v) is 12.1. The molecule has 188 valence electrons. The van der Waals surface area contributed by atoms with Gasteiger partial charge in [-0.3, -0.25) is 14.6 Å². The molecule has 0 bridgehead atoms. The highest BCUT2D eigenvalue weighted by molar-refractivity contribution is 5.98. The Morgan fingerprint density at radius 1 is 1.19 bits per heavy atom. The van der Waals surface area contributed by atoms with Gasteiger partial charge in [0.05, 0.1) is 19.2 Å². The Morgan fingerprint density at radius 3 is 2.56 bits per heavy atom. The van der Waals surface area contributed by atoms with Crippen LogP contribution in [0.1, 0.15) is 40.1 Å². The molecule has 1 aromatic carbocycles. The second-order valence-electron chi connectivity index (χ2n) is 9.49. The average Bonchev–Trinajstić information content (AvgIpc) is 2.90. The summed E-state index contributed by atoms with van der Waals surface area (Å²) < 4.78 is 6.32. The van der Waals surface area contributed by atoms with Crippen molar-refractivity contribution in [2.45, 2.75) is 32.9 Å². The zero-order chi connectivity index (χ0) is 25.8. The van der Waals surface area contributed by atoms with E-state index in [-0.39, 0.29) is 36.3 Å². The van der Waals surface area contributed by atoms with Crippen LogP contribution >= 0.6 is 0 Å². The molecule has 36 heavy (non-hydrogen) atoms. The second-order valence-corrected chi connectivity index (χ2v) is 9.49. The maximum Gasteiger partial charge on any atom is 0.259 e. The van der Waals surface area contributed by atoms with Crippen molar-refractivity contribution < 1.29 is 19.4 Å². The van der Waals surface area contributed by atoms with Crippen LogP contribution in [0.5, 0.6) is 5.88 Å². The van der Waals surface area contributed by atoms with Crippen molar-refractivity contribution >= 4 is 11.8 Å². The summed E-state index contributed by atoms with van der Waals surface area (Å²) in [7, 11) is 1.73. The summed E-state index contributed by atoms with van der Waals surface area (Å²) in [6, 6.07) is 12.8. The van der Waals surface area contributed by atoms with E-state index in [2.05, 4.69) is 9.97 Å². The van der Waals surface area contributed by atoms with Gasteiger partial charge in [0.15, 0.2) is 0 Å².